The molecule has 0 atom stereocenters. The molecule has 1 fully saturated rings. The summed E-state index contributed by atoms with van der Waals surface area (Å²) in [6.45, 7) is 3.81. The molecule has 0 radical (unpaired) electrons. The molecule has 1 aliphatic rings. The lowest BCUT2D eigenvalue weighted by atomic mass is 9.90. The maximum atomic E-state index is 11.5. The van der Waals surface area contributed by atoms with Crippen LogP contribution in [0.5, 0.6) is 0 Å². The van der Waals surface area contributed by atoms with Crippen molar-refractivity contribution in [2.75, 3.05) is 19.8 Å². The summed E-state index contributed by atoms with van der Waals surface area (Å²) in [5, 5.41) is 0. The van der Waals surface area contributed by atoms with Crippen LogP contribution in [0, 0.1) is 5.41 Å². The number of ether oxygens (including phenoxy) is 2. The first-order valence-electron chi connectivity index (χ1n) is 5.66. The monoisotopic (exact) mass is 232 g/mol. The van der Waals surface area contributed by atoms with Gasteiger partial charge >= 0.3 is 5.97 Å². The molecule has 0 spiro atoms. The van der Waals surface area contributed by atoms with Crippen LogP contribution in [0.1, 0.15) is 12.5 Å². The first-order valence-corrected chi connectivity index (χ1v) is 5.66. The molecule has 0 N–H and O–H groups in total. The zero-order valence-corrected chi connectivity index (χ0v) is 9.89. The fraction of sp³-hybridized carbons (Fsp3) is 0.357. The second-order valence-electron chi connectivity index (χ2n) is 4.66. The van der Waals surface area contributed by atoms with Crippen LogP contribution in [0.25, 0.3) is 6.08 Å². The van der Waals surface area contributed by atoms with Crippen LogP contribution in [-0.4, -0.2) is 25.8 Å². The molecule has 0 saturated carbocycles. The van der Waals surface area contributed by atoms with E-state index in [1.165, 1.54) is 6.08 Å². The zero-order valence-electron chi connectivity index (χ0n) is 9.89. The highest BCUT2D eigenvalue weighted by Gasteiger charge is 2.34. The molecule has 1 saturated heterocycles. The van der Waals surface area contributed by atoms with E-state index in [1.807, 2.05) is 37.3 Å². The van der Waals surface area contributed by atoms with Crippen molar-refractivity contribution in [3.8, 4) is 0 Å². The van der Waals surface area contributed by atoms with Gasteiger partial charge in [0.2, 0.25) is 0 Å². The van der Waals surface area contributed by atoms with Crippen molar-refractivity contribution in [1.29, 1.82) is 0 Å². The molecular weight excluding hydrogens is 216 g/mol. The van der Waals surface area contributed by atoms with Crippen molar-refractivity contribution in [2.24, 2.45) is 5.41 Å². The lowest BCUT2D eigenvalue weighted by Crippen LogP contribution is -2.43. The molecule has 90 valence electrons. The molecule has 0 unspecified atom stereocenters. The summed E-state index contributed by atoms with van der Waals surface area (Å²) >= 11 is 0. The number of carbonyl (C=O) groups is 1. The minimum Gasteiger partial charge on any atom is -0.462 e. The lowest BCUT2D eigenvalue weighted by molar-refractivity contribution is -0.160. The van der Waals surface area contributed by atoms with Crippen LogP contribution in [0.15, 0.2) is 36.4 Å². The Balaban J connectivity index is 1.79. The summed E-state index contributed by atoms with van der Waals surface area (Å²) in [7, 11) is 0. The van der Waals surface area contributed by atoms with Crippen molar-refractivity contribution in [3.63, 3.8) is 0 Å². The smallest absolute Gasteiger partial charge is 0.330 e. The van der Waals surface area contributed by atoms with E-state index in [-0.39, 0.29) is 11.4 Å². The standard InChI is InChI=1S/C14H16O3/c1-14(9-16-10-14)11-17-13(15)8-7-12-5-3-2-4-6-12/h2-8H,9-11H2,1H3/b8-7+. The fourth-order valence-corrected chi connectivity index (χ4v) is 1.56. The minimum absolute atomic E-state index is 0.0102. The van der Waals surface area contributed by atoms with Crippen LogP contribution in [-0.2, 0) is 14.3 Å². The molecular formula is C14H16O3. The number of hydrogen-bond donors (Lipinski definition) is 0. The summed E-state index contributed by atoms with van der Waals surface area (Å²) < 4.78 is 10.3. The van der Waals surface area contributed by atoms with Gasteiger partial charge in [-0.05, 0) is 11.6 Å². The summed E-state index contributed by atoms with van der Waals surface area (Å²) in [5.74, 6) is -0.304. The van der Waals surface area contributed by atoms with Crippen LogP contribution in [0.4, 0.5) is 0 Å². The SMILES string of the molecule is CC1(COC(=O)/C=C/c2ccccc2)COC1. The van der Waals surface area contributed by atoms with Gasteiger partial charge in [0.05, 0.1) is 13.2 Å². The van der Waals surface area contributed by atoms with Gasteiger partial charge < -0.3 is 9.47 Å². The average Bonchev–Trinajstić information content (AvgIpc) is 2.33. The molecule has 3 nitrogen and oxygen atoms in total. The van der Waals surface area contributed by atoms with Gasteiger partial charge in [-0.2, -0.15) is 0 Å². The van der Waals surface area contributed by atoms with E-state index >= 15 is 0 Å². The van der Waals surface area contributed by atoms with Gasteiger partial charge in [-0.15, -0.1) is 0 Å². The van der Waals surface area contributed by atoms with E-state index in [9.17, 15) is 4.79 Å². The molecule has 1 heterocycles. The first-order chi connectivity index (χ1) is 8.18. The topological polar surface area (TPSA) is 35.5 Å². The quantitative estimate of drug-likeness (QED) is 0.590. The predicted octanol–water partition coefficient (Wildman–Crippen LogP) is 2.28. The van der Waals surface area contributed by atoms with Crippen LogP contribution in [0.2, 0.25) is 0 Å². The van der Waals surface area contributed by atoms with E-state index in [4.69, 9.17) is 9.47 Å². The van der Waals surface area contributed by atoms with Crippen molar-refractivity contribution < 1.29 is 14.3 Å². The Bertz CT molecular complexity index is 405. The second kappa shape index (κ2) is 5.15. The van der Waals surface area contributed by atoms with Gasteiger partial charge in [-0.3, -0.25) is 0 Å². The maximum absolute atomic E-state index is 11.5. The van der Waals surface area contributed by atoms with Gasteiger partial charge in [0.15, 0.2) is 0 Å². The third kappa shape index (κ3) is 3.43. The molecule has 1 aliphatic heterocycles. The Hall–Kier alpha value is -1.61. The highest BCUT2D eigenvalue weighted by molar-refractivity contribution is 5.87. The van der Waals surface area contributed by atoms with E-state index in [0.717, 1.165) is 5.56 Å². The largest absolute Gasteiger partial charge is 0.462 e. The summed E-state index contributed by atoms with van der Waals surface area (Å²) in [5.41, 5.74) is 0.999. The lowest BCUT2D eigenvalue weighted by Gasteiger charge is -2.36. The molecule has 1 aromatic rings. The molecule has 0 aliphatic carbocycles. The minimum atomic E-state index is -0.304. The summed E-state index contributed by atoms with van der Waals surface area (Å²) in [4.78, 5) is 11.5. The first kappa shape index (κ1) is 11.9. The molecule has 17 heavy (non-hydrogen) atoms. The zero-order chi connectivity index (χ0) is 12.1. The van der Waals surface area contributed by atoms with Gasteiger partial charge in [-0.25, -0.2) is 4.79 Å². The number of esters is 1. The second-order valence-corrected chi connectivity index (χ2v) is 4.66. The van der Waals surface area contributed by atoms with Gasteiger partial charge in [0.25, 0.3) is 0 Å². The van der Waals surface area contributed by atoms with E-state index in [0.29, 0.717) is 19.8 Å². The third-order valence-corrected chi connectivity index (χ3v) is 2.68. The van der Waals surface area contributed by atoms with Crippen molar-refractivity contribution >= 4 is 12.0 Å². The normalized spacial score (nSPS) is 17.7. The number of hydrogen-bond acceptors (Lipinski definition) is 3. The van der Waals surface area contributed by atoms with Gasteiger partial charge in [0, 0.05) is 11.5 Å². The highest BCUT2D eigenvalue weighted by atomic mass is 16.5. The van der Waals surface area contributed by atoms with Crippen molar-refractivity contribution in [1.82, 2.24) is 0 Å². The maximum Gasteiger partial charge on any atom is 0.330 e. The Kier molecular flexibility index (Phi) is 3.59. The van der Waals surface area contributed by atoms with Crippen molar-refractivity contribution in [2.45, 2.75) is 6.92 Å². The molecule has 0 aromatic heterocycles. The Morgan fingerprint density at radius 1 is 1.41 bits per heavy atom. The molecule has 0 amide bonds. The Morgan fingerprint density at radius 3 is 2.71 bits per heavy atom. The summed E-state index contributed by atoms with van der Waals surface area (Å²) in [6, 6.07) is 9.66. The molecule has 3 heteroatoms. The number of carbonyl (C=O) groups excluding carboxylic acids is 1. The Morgan fingerprint density at radius 2 is 2.12 bits per heavy atom. The highest BCUT2D eigenvalue weighted by Crippen LogP contribution is 2.26. The van der Waals surface area contributed by atoms with Crippen LogP contribution >= 0.6 is 0 Å². The van der Waals surface area contributed by atoms with Crippen LogP contribution < -0.4 is 0 Å². The number of benzene rings is 1. The van der Waals surface area contributed by atoms with E-state index < -0.39 is 0 Å². The predicted molar refractivity (Wildman–Crippen MR) is 65.4 cm³/mol. The molecule has 0 bridgehead atoms. The molecule has 1 aromatic carbocycles. The van der Waals surface area contributed by atoms with E-state index in [2.05, 4.69) is 0 Å². The number of rotatable bonds is 4. The van der Waals surface area contributed by atoms with Gasteiger partial charge in [-0.1, -0.05) is 37.3 Å². The van der Waals surface area contributed by atoms with Gasteiger partial charge in [0.1, 0.15) is 6.61 Å². The summed E-state index contributed by atoms with van der Waals surface area (Å²) in [6.07, 6.45) is 3.21. The third-order valence-electron chi connectivity index (χ3n) is 2.68. The fourth-order valence-electron chi connectivity index (χ4n) is 1.56. The van der Waals surface area contributed by atoms with Crippen molar-refractivity contribution in [3.05, 3.63) is 42.0 Å². The van der Waals surface area contributed by atoms with Crippen LogP contribution in [0.3, 0.4) is 0 Å². The Labute approximate surface area is 101 Å². The molecule has 2 rings (SSSR count). The average molecular weight is 232 g/mol. The van der Waals surface area contributed by atoms with E-state index in [1.54, 1.807) is 6.08 Å².